The van der Waals surface area contributed by atoms with Gasteiger partial charge < -0.3 is 8.83 Å². The molecular weight excluding hydrogens is 348 g/mol. The van der Waals surface area contributed by atoms with Gasteiger partial charge in [-0.3, -0.25) is 5.32 Å². The van der Waals surface area contributed by atoms with E-state index >= 15 is 0 Å². The monoisotopic (exact) mass is 364 g/mol. The zero-order chi connectivity index (χ0) is 17.8. The van der Waals surface area contributed by atoms with Crippen molar-refractivity contribution in [2.24, 2.45) is 0 Å². The second kappa shape index (κ2) is 7.60. The van der Waals surface area contributed by atoms with Crippen LogP contribution in [0.2, 0.25) is 5.02 Å². The molecule has 4 rings (SSSR count). The topological polar surface area (TPSA) is 51.2 Å². The minimum Gasteiger partial charge on any atom is -0.467 e. The van der Waals surface area contributed by atoms with Gasteiger partial charge in [0.15, 0.2) is 5.76 Å². The molecule has 130 valence electrons. The molecule has 0 radical (unpaired) electrons. The predicted octanol–water partition coefficient (Wildman–Crippen LogP) is 5.47. The summed E-state index contributed by atoms with van der Waals surface area (Å²) in [7, 11) is 0. The fraction of sp³-hybridized carbons (Fsp3) is 0.0952. The molecule has 2 aromatic heterocycles. The van der Waals surface area contributed by atoms with Gasteiger partial charge in [-0.15, -0.1) is 0 Å². The van der Waals surface area contributed by atoms with Crippen LogP contribution in [0, 0.1) is 0 Å². The minimum atomic E-state index is -0.0721. The molecule has 0 amide bonds. The third-order valence-corrected chi connectivity index (χ3v) is 4.35. The van der Waals surface area contributed by atoms with E-state index in [0.29, 0.717) is 23.2 Å². The van der Waals surface area contributed by atoms with Crippen LogP contribution in [0.1, 0.15) is 23.3 Å². The lowest BCUT2D eigenvalue weighted by atomic mass is 10.0. The van der Waals surface area contributed by atoms with Crippen LogP contribution in [0.15, 0.2) is 88.0 Å². The van der Waals surface area contributed by atoms with Crippen molar-refractivity contribution < 1.29 is 8.83 Å². The average molecular weight is 365 g/mol. The molecule has 4 aromatic rings. The quantitative estimate of drug-likeness (QED) is 0.493. The van der Waals surface area contributed by atoms with Gasteiger partial charge in [0.1, 0.15) is 5.76 Å². The van der Waals surface area contributed by atoms with E-state index in [4.69, 9.17) is 20.4 Å². The molecule has 0 unspecified atom stereocenters. The van der Waals surface area contributed by atoms with Gasteiger partial charge in [0, 0.05) is 10.6 Å². The molecular formula is C21H17ClN2O2. The summed E-state index contributed by atoms with van der Waals surface area (Å²) in [4.78, 5) is 4.37. The van der Waals surface area contributed by atoms with E-state index in [-0.39, 0.29) is 6.04 Å². The van der Waals surface area contributed by atoms with E-state index in [1.54, 1.807) is 12.5 Å². The molecule has 0 aliphatic heterocycles. The van der Waals surface area contributed by atoms with Crippen molar-refractivity contribution in [2.75, 3.05) is 0 Å². The zero-order valence-electron chi connectivity index (χ0n) is 13.9. The fourth-order valence-electron chi connectivity index (χ4n) is 2.81. The molecule has 26 heavy (non-hydrogen) atoms. The van der Waals surface area contributed by atoms with E-state index in [1.807, 2.05) is 54.6 Å². The molecule has 0 fully saturated rings. The van der Waals surface area contributed by atoms with E-state index in [1.165, 1.54) is 0 Å². The molecule has 1 atom stereocenters. The largest absolute Gasteiger partial charge is 0.467 e. The standard InChI is InChI=1S/C21H17ClN2O2/c22-17-10-8-15(9-11-17)19-13-23-20(26-19)14-24-21(18-7-4-12-25-18)16-5-2-1-3-6-16/h1-13,21,24H,14H2/t21-/m1/s1. The molecule has 0 saturated heterocycles. The molecule has 0 saturated carbocycles. The van der Waals surface area contributed by atoms with Crippen molar-refractivity contribution >= 4 is 11.6 Å². The van der Waals surface area contributed by atoms with Crippen LogP contribution in [0.3, 0.4) is 0 Å². The highest BCUT2D eigenvalue weighted by Crippen LogP contribution is 2.25. The van der Waals surface area contributed by atoms with Crippen LogP contribution < -0.4 is 5.32 Å². The first-order valence-electron chi connectivity index (χ1n) is 8.32. The molecule has 1 N–H and O–H groups in total. The van der Waals surface area contributed by atoms with Crippen LogP contribution in [0.4, 0.5) is 0 Å². The predicted molar refractivity (Wildman–Crippen MR) is 101 cm³/mol. The Morgan fingerprint density at radius 3 is 2.50 bits per heavy atom. The molecule has 2 heterocycles. The van der Waals surface area contributed by atoms with Gasteiger partial charge in [0.05, 0.1) is 25.0 Å². The summed E-state index contributed by atoms with van der Waals surface area (Å²) in [5, 5.41) is 4.15. The van der Waals surface area contributed by atoms with E-state index in [2.05, 4.69) is 22.4 Å². The lowest BCUT2D eigenvalue weighted by Crippen LogP contribution is -2.21. The summed E-state index contributed by atoms with van der Waals surface area (Å²) in [6, 6.07) is 21.4. The van der Waals surface area contributed by atoms with E-state index in [0.717, 1.165) is 16.9 Å². The Labute approximate surface area is 156 Å². The van der Waals surface area contributed by atoms with Crippen LogP contribution in [-0.4, -0.2) is 4.98 Å². The van der Waals surface area contributed by atoms with Gasteiger partial charge in [0.2, 0.25) is 5.89 Å². The third-order valence-electron chi connectivity index (χ3n) is 4.10. The third kappa shape index (κ3) is 3.72. The summed E-state index contributed by atoms with van der Waals surface area (Å²) in [6.45, 7) is 0.480. The highest BCUT2D eigenvalue weighted by molar-refractivity contribution is 6.30. The van der Waals surface area contributed by atoms with Crippen molar-refractivity contribution in [3.8, 4) is 11.3 Å². The second-order valence-corrected chi connectivity index (χ2v) is 6.30. The van der Waals surface area contributed by atoms with Crippen LogP contribution in [0.5, 0.6) is 0 Å². The number of aromatic nitrogens is 1. The highest BCUT2D eigenvalue weighted by atomic mass is 35.5. The van der Waals surface area contributed by atoms with Gasteiger partial charge in [-0.05, 0) is 42.0 Å². The van der Waals surface area contributed by atoms with Crippen LogP contribution >= 0.6 is 11.6 Å². The number of rotatable bonds is 6. The van der Waals surface area contributed by atoms with E-state index in [9.17, 15) is 0 Å². The Kier molecular flexibility index (Phi) is 4.86. The maximum atomic E-state index is 5.93. The highest BCUT2D eigenvalue weighted by Gasteiger charge is 2.17. The number of halogens is 1. The van der Waals surface area contributed by atoms with Crippen molar-refractivity contribution in [3.63, 3.8) is 0 Å². The zero-order valence-corrected chi connectivity index (χ0v) is 14.7. The summed E-state index contributed by atoms with van der Waals surface area (Å²) in [5.74, 6) is 2.18. The van der Waals surface area contributed by atoms with Crippen molar-refractivity contribution in [1.29, 1.82) is 0 Å². The Bertz CT molecular complexity index is 947. The maximum absolute atomic E-state index is 5.93. The maximum Gasteiger partial charge on any atom is 0.208 e. The Morgan fingerprint density at radius 2 is 1.77 bits per heavy atom. The normalized spacial score (nSPS) is 12.2. The number of oxazole rings is 1. The Hall–Kier alpha value is -2.82. The molecule has 0 aliphatic carbocycles. The minimum absolute atomic E-state index is 0.0721. The summed E-state index contributed by atoms with van der Waals surface area (Å²) in [6.07, 6.45) is 3.40. The molecule has 0 spiro atoms. The summed E-state index contributed by atoms with van der Waals surface area (Å²) < 4.78 is 11.5. The van der Waals surface area contributed by atoms with Gasteiger partial charge >= 0.3 is 0 Å². The first-order valence-corrected chi connectivity index (χ1v) is 8.70. The number of hydrogen-bond donors (Lipinski definition) is 1. The van der Waals surface area contributed by atoms with Crippen LogP contribution in [0.25, 0.3) is 11.3 Å². The molecule has 0 bridgehead atoms. The first-order chi connectivity index (χ1) is 12.8. The van der Waals surface area contributed by atoms with Crippen molar-refractivity contribution in [3.05, 3.63) is 101 Å². The molecule has 4 nitrogen and oxygen atoms in total. The number of furan rings is 1. The van der Waals surface area contributed by atoms with Gasteiger partial charge in [-0.25, -0.2) is 4.98 Å². The second-order valence-electron chi connectivity index (χ2n) is 5.87. The molecule has 2 aromatic carbocycles. The van der Waals surface area contributed by atoms with Gasteiger partial charge in [-0.2, -0.15) is 0 Å². The van der Waals surface area contributed by atoms with Gasteiger partial charge in [-0.1, -0.05) is 41.9 Å². The van der Waals surface area contributed by atoms with Crippen molar-refractivity contribution in [2.45, 2.75) is 12.6 Å². The number of nitrogens with zero attached hydrogens (tertiary/aromatic N) is 1. The van der Waals surface area contributed by atoms with Gasteiger partial charge in [0.25, 0.3) is 0 Å². The van der Waals surface area contributed by atoms with Crippen molar-refractivity contribution in [1.82, 2.24) is 10.3 Å². The fourth-order valence-corrected chi connectivity index (χ4v) is 2.94. The number of benzene rings is 2. The number of nitrogens with one attached hydrogen (secondary N) is 1. The first kappa shape index (κ1) is 16.6. The Morgan fingerprint density at radius 1 is 0.962 bits per heavy atom. The molecule has 5 heteroatoms. The summed E-state index contributed by atoms with van der Waals surface area (Å²) >= 11 is 5.93. The Balaban J connectivity index is 1.51. The summed E-state index contributed by atoms with van der Waals surface area (Å²) in [5.41, 5.74) is 2.06. The smallest absolute Gasteiger partial charge is 0.208 e. The number of hydrogen-bond acceptors (Lipinski definition) is 4. The lowest BCUT2D eigenvalue weighted by Gasteiger charge is -2.16. The lowest BCUT2D eigenvalue weighted by molar-refractivity contribution is 0.416. The SMILES string of the molecule is Clc1ccc(-c2cnc(CN[C@H](c3ccccc3)c3ccco3)o2)cc1. The van der Waals surface area contributed by atoms with Crippen LogP contribution in [-0.2, 0) is 6.54 Å². The average Bonchev–Trinajstić information content (AvgIpc) is 3.36. The molecule has 0 aliphatic rings. The van der Waals surface area contributed by atoms with E-state index < -0.39 is 0 Å².